The first kappa shape index (κ1) is 10.5. The molecule has 4 heteroatoms. The van der Waals surface area contributed by atoms with E-state index >= 15 is 0 Å². The third kappa shape index (κ3) is 1.85. The van der Waals surface area contributed by atoms with Gasteiger partial charge in [0.15, 0.2) is 5.82 Å². The highest BCUT2D eigenvalue weighted by molar-refractivity contribution is 5.39. The second-order valence-electron chi connectivity index (χ2n) is 4.59. The van der Waals surface area contributed by atoms with E-state index in [0.29, 0.717) is 12.5 Å². The Morgan fingerprint density at radius 1 is 1.41 bits per heavy atom. The monoisotopic (exact) mass is 228 g/mol. The van der Waals surface area contributed by atoms with Gasteiger partial charge in [-0.05, 0) is 37.5 Å². The molecule has 1 aliphatic rings. The third-order valence-electron chi connectivity index (χ3n) is 3.29. The van der Waals surface area contributed by atoms with Gasteiger partial charge in [-0.3, -0.25) is 0 Å². The fraction of sp³-hybridized carbons (Fsp3) is 0.385. The number of hydrogen-bond acceptors (Lipinski definition) is 3. The van der Waals surface area contributed by atoms with Gasteiger partial charge in [-0.1, -0.05) is 0 Å². The second kappa shape index (κ2) is 3.96. The molecule has 0 bridgehead atoms. The van der Waals surface area contributed by atoms with Crippen LogP contribution in [0.15, 0.2) is 24.5 Å². The van der Waals surface area contributed by atoms with Crippen molar-refractivity contribution in [3.05, 3.63) is 41.3 Å². The molecule has 2 aromatic rings. The Bertz CT molecular complexity index is 540. The van der Waals surface area contributed by atoms with Crippen LogP contribution in [0.5, 0.6) is 0 Å². The van der Waals surface area contributed by atoms with E-state index in [2.05, 4.69) is 23.1 Å². The Labute approximate surface area is 100 Å². The maximum Gasteiger partial charge on any atom is 0.158 e. The van der Waals surface area contributed by atoms with Gasteiger partial charge in [-0.15, -0.1) is 0 Å². The predicted octanol–water partition coefficient (Wildman–Crippen LogP) is 1.91. The maximum absolute atomic E-state index is 5.79. The molecule has 2 heterocycles. The zero-order valence-electron chi connectivity index (χ0n) is 9.93. The van der Waals surface area contributed by atoms with Gasteiger partial charge < -0.3 is 5.73 Å². The number of hydrogen-bond donors (Lipinski definition) is 1. The number of nitrogens with zero attached hydrogens (tertiary/aromatic N) is 3. The molecule has 0 amide bonds. The van der Waals surface area contributed by atoms with E-state index in [-0.39, 0.29) is 0 Å². The summed E-state index contributed by atoms with van der Waals surface area (Å²) in [5, 5.41) is 4.59. The largest absolute Gasteiger partial charge is 0.326 e. The van der Waals surface area contributed by atoms with Gasteiger partial charge in [0.25, 0.3) is 0 Å². The molecule has 4 nitrogen and oxygen atoms in total. The summed E-state index contributed by atoms with van der Waals surface area (Å²) >= 11 is 0. The van der Waals surface area contributed by atoms with Crippen LogP contribution in [0.4, 0.5) is 0 Å². The summed E-state index contributed by atoms with van der Waals surface area (Å²) in [5.74, 6) is 1.53. The summed E-state index contributed by atoms with van der Waals surface area (Å²) in [6.07, 6.45) is 6.32. The van der Waals surface area contributed by atoms with Crippen molar-refractivity contribution in [3.8, 4) is 5.82 Å². The molecular weight excluding hydrogens is 212 g/mol. The van der Waals surface area contributed by atoms with Crippen molar-refractivity contribution in [3.63, 3.8) is 0 Å². The van der Waals surface area contributed by atoms with Crippen LogP contribution < -0.4 is 5.73 Å². The highest BCUT2D eigenvalue weighted by Crippen LogP contribution is 2.39. The Balaban J connectivity index is 2.04. The van der Waals surface area contributed by atoms with E-state index in [0.717, 1.165) is 11.4 Å². The molecule has 1 saturated carbocycles. The highest BCUT2D eigenvalue weighted by Gasteiger charge is 2.26. The molecular formula is C13H16N4. The van der Waals surface area contributed by atoms with Crippen molar-refractivity contribution in [1.29, 1.82) is 0 Å². The SMILES string of the molecule is Cc1ccnc(-n2ccc(C3CC3)n2)c1CN. The van der Waals surface area contributed by atoms with Gasteiger partial charge in [-0.25, -0.2) is 9.67 Å². The van der Waals surface area contributed by atoms with Crippen LogP contribution in [-0.2, 0) is 6.54 Å². The van der Waals surface area contributed by atoms with E-state index in [9.17, 15) is 0 Å². The van der Waals surface area contributed by atoms with Gasteiger partial charge in [-0.2, -0.15) is 5.10 Å². The fourth-order valence-electron chi connectivity index (χ4n) is 2.08. The summed E-state index contributed by atoms with van der Waals surface area (Å²) < 4.78 is 1.85. The van der Waals surface area contributed by atoms with Crippen molar-refractivity contribution in [2.24, 2.45) is 5.73 Å². The minimum atomic E-state index is 0.494. The average Bonchev–Trinajstić information content (AvgIpc) is 3.07. The zero-order valence-corrected chi connectivity index (χ0v) is 9.93. The first-order valence-corrected chi connectivity index (χ1v) is 6.00. The molecule has 0 atom stereocenters. The van der Waals surface area contributed by atoms with E-state index in [1.54, 1.807) is 0 Å². The Morgan fingerprint density at radius 2 is 2.24 bits per heavy atom. The van der Waals surface area contributed by atoms with Crippen LogP contribution in [0.25, 0.3) is 5.82 Å². The average molecular weight is 228 g/mol. The Hall–Kier alpha value is -1.68. The Kier molecular flexibility index (Phi) is 2.44. The number of rotatable bonds is 3. The molecule has 17 heavy (non-hydrogen) atoms. The van der Waals surface area contributed by atoms with Crippen LogP contribution in [0.3, 0.4) is 0 Å². The summed E-state index contributed by atoms with van der Waals surface area (Å²) in [6.45, 7) is 2.55. The van der Waals surface area contributed by atoms with Crippen molar-refractivity contribution in [1.82, 2.24) is 14.8 Å². The van der Waals surface area contributed by atoms with E-state index < -0.39 is 0 Å². The quantitative estimate of drug-likeness (QED) is 0.873. The van der Waals surface area contributed by atoms with Gasteiger partial charge in [0.05, 0.1) is 5.69 Å². The van der Waals surface area contributed by atoms with E-state index in [1.165, 1.54) is 24.1 Å². The third-order valence-corrected chi connectivity index (χ3v) is 3.29. The molecule has 0 spiro atoms. The summed E-state index contributed by atoms with van der Waals surface area (Å²) in [4.78, 5) is 4.39. The lowest BCUT2D eigenvalue weighted by molar-refractivity contribution is 0.793. The second-order valence-corrected chi connectivity index (χ2v) is 4.59. The van der Waals surface area contributed by atoms with Gasteiger partial charge >= 0.3 is 0 Å². The molecule has 2 N–H and O–H groups in total. The molecule has 1 fully saturated rings. The molecule has 0 saturated heterocycles. The van der Waals surface area contributed by atoms with Crippen molar-refractivity contribution < 1.29 is 0 Å². The molecule has 2 aromatic heterocycles. The maximum atomic E-state index is 5.79. The molecule has 0 radical (unpaired) electrons. The summed E-state index contributed by atoms with van der Waals surface area (Å²) in [7, 11) is 0. The topological polar surface area (TPSA) is 56.7 Å². The van der Waals surface area contributed by atoms with Crippen molar-refractivity contribution >= 4 is 0 Å². The molecule has 1 aliphatic carbocycles. The van der Waals surface area contributed by atoms with Gasteiger partial charge in [0, 0.05) is 30.4 Å². The van der Waals surface area contributed by atoms with Crippen LogP contribution in [-0.4, -0.2) is 14.8 Å². The minimum Gasteiger partial charge on any atom is -0.326 e. The minimum absolute atomic E-state index is 0.494. The van der Waals surface area contributed by atoms with E-state index in [4.69, 9.17) is 5.73 Å². The first-order chi connectivity index (χ1) is 8.29. The highest BCUT2D eigenvalue weighted by atomic mass is 15.3. The summed E-state index contributed by atoms with van der Waals surface area (Å²) in [5.41, 5.74) is 9.20. The first-order valence-electron chi connectivity index (χ1n) is 6.00. The van der Waals surface area contributed by atoms with Gasteiger partial charge in [0.2, 0.25) is 0 Å². The molecule has 3 rings (SSSR count). The summed E-state index contributed by atoms with van der Waals surface area (Å²) in [6, 6.07) is 4.07. The van der Waals surface area contributed by atoms with Crippen LogP contribution in [0.1, 0.15) is 35.6 Å². The lowest BCUT2D eigenvalue weighted by Crippen LogP contribution is -2.09. The van der Waals surface area contributed by atoms with Crippen LogP contribution >= 0.6 is 0 Å². The fourth-order valence-corrected chi connectivity index (χ4v) is 2.08. The normalized spacial score (nSPS) is 15.2. The van der Waals surface area contributed by atoms with E-state index in [1.807, 2.05) is 23.1 Å². The number of pyridine rings is 1. The predicted molar refractivity (Wildman–Crippen MR) is 66.0 cm³/mol. The van der Waals surface area contributed by atoms with Crippen LogP contribution in [0, 0.1) is 6.92 Å². The van der Waals surface area contributed by atoms with Gasteiger partial charge in [0.1, 0.15) is 0 Å². The lowest BCUT2D eigenvalue weighted by Gasteiger charge is -2.09. The lowest BCUT2D eigenvalue weighted by atomic mass is 10.1. The number of aromatic nitrogens is 3. The number of aryl methyl sites for hydroxylation is 1. The molecule has 88 valence electrons. The molecule has 0 aromatic carbocycles. The zero-order chi connectivity index (χ0) is 11.8. The Morgan fingerprint density at radius 3 is 2.94 bits per heavy atom. The smallest absolute Gasteiger partial charge is 0.158 e. The number of nitrogens with two attached hydrogens (primary N) is 1. The van der Waals surface area contributed by atoms with Crippen molar-refractivity contribution in [2.45, 2.75) is 32.2 Å². The molecule has 0 unspecified atom stereocenters. The van der Waals surface area contributed by atoms with Crippen molar-refractivity contribution in [2.75, 3.05) is 0 Å². The van der Waals surface area contributed by atoms with Crippen LogP contribution in [0.2, 0.25) is 0 Å². The molecule has 0 aliphatic heterocycles. The standard InChI is InChI=1S/C13H16N4/c1-9-4-6-15-13(11(9)8-14)17-7-5-12(16-17)10-2-3-10/h4-7,10H,2-3,8,14H2,1H3.